The Morgan fingerprint density at radius 2 is 1.92 bits per heavy atom. The van der Waals surface area contributed by atoms with Crippen molar-refractivity contribution in [1.82, 2.24) is 15.2 Å². The lowest BCUT2D eigenvalue weighted by Crippen LogP contribution is -2.17. The summed E-state index contributed by atoms with van der Waals surface area (Å²) in [7, 11) is 0. The molecule has 0 bridgehead atoms. The summed E-state index contributed by atoms with van der Waals surface area (Å²) in [5.41, 5.74) is 5.31. The topological polar surface area (TPSA) is 145 Å². The second-order valence-corrected chi connectivity index (χ2v) is 9.07. The van der Waals surface area contributed by atoms with Crippen molar-refractivity contribution in [3.05, 3.63) is 65.0 Å². The number of hydrogen-bond donors (Lipinski definition) is 3. The highest BCUT2D eigenvalue weighted by atomic mass is 32.1. The number of rotatable bonds is 5. The van der Waals surface area contributed by atoms with E-state index < -0.39 is 23.7 Å². The number of aromatic nitrogens is 3. The number of carbonyl (C=O) groups is 2. The van der Waals surface area contributed by atoms with Gasteiger partial charge in [-0.1, -0.05) is 0 Å². The van der Waals surface area contributed by atoms with Gasteiger partial charge in [0, 0.05) is 16.5 Å². The molecule has 5 heterocycles. The smallest absolute Gasteiger partial charge is 0.433 e. The lowest BCUT2D eigenvalue weighted by atomic mass is 10.1. The molecule has 5 aromatic rings. The minimum Gasteiger partial charge on any atom is -0.464 e. The molecular formula is C24H14F3N5O5S. The van der Waals surface area contributed by atoms with Crippen molar-refractivity contribution in [2.45, 2.75) is 6.18 Å². The van der Waals surface area contributed by atoms with Crippen LogP contribution >= 0.6 is 11.3 Å². The van der Waals surface area contributed by atoms with Gasteiger partial charge < -0.3 is 24.9 Å². The van der Waals surface area contributed by atoms with Gasteiger partial charge in [-0.15, -0.1) is 11.3 Å². The Morgan fingerprint density at radius 1 is 1.11 bits per heavy atom. The number of ether oxygens (including phenoxy) is 2. The Bertz CT molecular complexity index is 1730. The third-order valence-electron chi connectivity index (χ3n) is 5.69. The maximum absolute atomic E-state index is 13.6. The van der Waals surface area contributed by atoms with Crippen molar-refractivity contribution in [2.24, 2.45) is 5.73 Å². The van der Waals surface area contributed by atoms with Crippen LogP contribution in [0.25, 0.3) is 32.8 Å². The molecule has 0 spiro atoms. The molecule has 192 valence electrons. The molecule has 1 aromatic carbocycles. The van der Waals surface area contributed by atoms with Crippen molar-refractivity contribution in [1.29, 1.82) is 0 Å². The molecule has 0 fully saturated rings. The average molecular weight is 541 g/mol. The Kier molecular flexibility index (Phi) is 5.34. The van der Waals surface area contributed by atoms with Gasteiger partial charge in [-0.3, -0.25) is 14.7 Å². The highest BCUT2D eigenvalue weighted by Gasteiger charge is 2.35. The third-order valence-corrected chi connectivity index (χ3v) is 6.79. The number of anilines is 1. The molecule has 10 nitrogen and oxygen atoms in total. The number of thiophene rings is 1. The summed E-state index contributed by atoms with van der Waals surface area (Å²) in [4.78, 5) is 28.8. The van der Waals surface area contributed by atoms with Crippen molar-refractivity contribution in [3.8, 4) is 34.1 Å². The first-order valence-corrected chi connectivity index (χ1v) is 11.7. The van der Waals surface area contributed by atoms with Gasteiger partial charge in [-0.2, -0.15) is 18.3 Å². The van der Waals surface area contributed by atoms with Gasteiger partial charge in [-0.25, -0.2) is 4.98 Å². The largest absolute Gasteiger partial charge is 0.464 e. The highest BCUT2D eigenvalue weighted by molar-refractivity contribution is 7.21. The molecule has 0 unspecified atom stereocenters. The fourth-order valence-corrected chi connectivity index (χ4v) is 4.99. The molecule has 1 aliphatic rings. The number of hydrogen-bond acceptors (Lipinski definition) is 8. The van der Waals surface area contributed by atoms with Crippen LogP contribution in [0.15, 0.2) is 53.1 Å². The number of benzene rings is 1. The van der Waals surface area contributed by atoms with Crippen LogP contribution in [0, 0.1) is 0 Å². The van der Waals surface area contributed by atoms with Gasteiger partial charge in [-0.05, 0) is 42.5 Å². The number of nitrogens with two attached hydrogens (primary N) is 1. The van der Waals surface area contributed by atoms with E-state index in [2.05, 4.69) is 20.5 Å². The molecule has 38 heavy (non-hydrogen) atoms. The molecule has 4 aromatic heterocycles. The normalized spacial score (nSPS) is 12.7. The van der Waals surface area contributed by atoms with Crippen LogP contribution in [0.4, 0.5) is 18.9 Å². The SMILES string of the molecule is NC(=O)c1sc2nc(C(F)(F)F)cc(-c3ccco3)c2c1NC(=O)c1cc(-c2ccc3c(c2)OCO3)n[nH]1. The number of carbonyl (C=O) groups excluding carboxylic acids is 2. The number of H-pyrrole nitrogens is 1. The third kappa shape index (κ3) is 4.00. The fourth-order valence-electron chi connectivity index (χ4n) is 3.99. The summed E-state index contributed by atoms with van der Waals surface area (Å²) >= 11 is 0.631. The first-order chi connectivity index (χ1) is 18.2. The predicted octanol–water partition coefficient (Wildman–Crippen LogP) is 5.05. The standard InChI is InChI=1S/C24H14F3N5O5S/c25-24(26,27)17-7-11(14-2-1-5-35-14)18-19(20(21(28)33)38-23(18)29-17)30-22(34)13-8-12(31-32-13)10-3-4-15-16(6-10)37-9-36-15/h1-8H,9H2,(H2,28,33)(H,30,34)(H,31,32). The number of nitrogens with one attached hydrogen (secondary N) is 2. The summed E-state index contributed by atoms with van der Waals surface area (Å²) in [5.74, 6) is -0.465. The Labute approximate surface area is 214 Å². The summed E-state index contributed by atoms with van der Waals surface area (Å²) in [6, 6.07) is 10.4. The van der Waals surface area contributed by atoms with Gasteiger partial charge >= 0.3 is 6.18 Å². The monoisotopic (exact) mass is 541 g/mol. The van der Waals surface area contributed by atoms with E-state index in [1.54, 1.807) is 18.2 Å². The van der Waals surface area contributed by atoms with Gasteiger partial charge in [0.1, 0.15) is 26.9 Å². The molecular weight excluding hydrogens is 527 g/mol. The van der Waals surface area contributed by atoms with Crippen LogP contribution in [0.5, 0.6) is 11.5 Å². The number of aromatic amines is 1. The van der Waals surface area contributed by atoms with Gasteiger partial charge in [0.2, 0.25) is 6.79 Å². The van der Waals surface area contributed by atoms with E-state index in [-0.39, 0.29) is 44.6 Å². The van der Waals surface area contributed by atoms with Crippen LogP contribution in [0.2, 0.25) is 0 Å². The molecule has 1 aliphatic heterocycles. The van der Waals surface area contributed by atoms with Crippen LogP contribution in [0.1, 0.15) is 25.9 Å². The molecule has 0 atom stereocenters. The zero-order valence-corrected chi connectivity index (χ0v) is 19.7. The summed E-state index contributed by atoms with van der Waals surface area (Å²) in [6.07, 6.45) is -3.48. The molecule has 2 amide bonds. The van der Waals surface area contributed by atoms with Crippen LogP contribution < -0.4 is 20.5 Å². The second-order valence-electron chi connectivity index (χ2n) is 8.07. The van der Waals surface area contributed by atoms with Crippen molar-refractivity contribution in [2.75, 3.05) is 12.1 Å². The lowest BCUT2D eigenvalue weighted by molar-refractivity contribution is -0.140. The van der Waals surface area contributed by atoms with Crippen molar-refractivity contribution in [3.63, 3.8) is 0 Å². The van der Waals surface area contributed by atoms with Crippen molar-refractivity contribution >= 4 is 39.1 Å². The maximum atomic E-state index is 13.6. The average Bonchev–Trinajstić information content (AvgIpc) is 3.68. The minimum atomic E-state index is -4.77. The van der Waals surface area contributed by atoms with E-state index in [1.807, 2.05) is 0 Å². The number of halogens is 3. The molecule has 0 aliphatic carbocycles. The van der Waals surface area contributed by atoms with Crippen LogP contribution in [-0.2, 0) is 6.18 Å². The molecule has 14 heteroatoms. The predicted molar refractivity (Wildman–Crippen MR) is 129 cm³/mol. The van der Waals surface area contributed by atoms with E-state index in [0.717, 1.165) is 6.07 Å². The summed E-state index contributed by atoms with van der Waals surface area (Å²) in [6.45, 7) is 0.100. The van der Waals surface area contributed by atoms with Crippen molar-refractivity contribution < 1.29 is 36.7 Å². The molecule has 4 N–H and O–H groups in total. The Hall–Kier alpha value is -4.85. The number of fused-ring (bicyclic) bond motifs is 2. The first-order valence-electron chi connectivity index (χ1n) is 10.8. The highest BCUT2D eigenvalue weighted by Crippen LogP contribution is 2.44. The van der Waals surface area contributed by atoms with Crippen LogP contribution in [-0.4, -0.2) is 33.8 Å². The van der Waals surface area contributed by atoms with Crippen LogP contribution in [0.3, 0.4) is 0 Å². The maximum Gasteiger partial charge on any atom is 0.433 e. The molecule has 0 saturated carbocycles. The van der Waals surface area contributed by atoms with E-state index >= 15 is 0 Å². The number of nitrogens with zero attached hydrogens (tertiary/aromatic N) is 2. The number of amides is 2. The zero-order valence-electron chi connectivity index (χ0n) is 18.9. The van der Waals surface area contributed by atoms with E-state index in [4.69, 9.17) is 19.6 Å². The molecule has 6 rings (SSSR count). The zero-order chi connectivity index (χ0) is 26.6. The van der Waals surface area contributed by atoms with Gasteiger partial charge in [0.05, 0.1) is 17.6 Å². The number of furan rings is 1. The number of alkyl halides is 3. The van der Waals surface area contributed by atoms with E-state index in [1.165, 1.54) is 24.5 Å². The minimum absolute atomic E-state index is 0.0166. The first kappa shape index (κ1) is 23.5. The fraction of sp³-hybridized carbons (Fsp3) is 0.0833. The van der Waals surface area contributed by atoms with E-state index in [9.17, 15) is 22.8 Å². The quantitative estimate of drug-likeness (QED) is 0.282. The lowest BCUT2D eigenvalue weighted by Gasteiger charge is -2.10. The molecule has 0 saturated heterocycles. The Morgan fingerprint density at radius 3 is 2.66 bits per heavy atom. The number of pyridine rings is 1. The van der Waals surface area contributed by atoms with Gasteiger partial charge in [0.25, 0.3) is 11.8 Å². The number of primary amides is 1. The van der Waals surface area contributed by atoms with Gasteiger partial charge in [0.15, 0.2) is 11.5 Å². The summed E-state index contributed by atoms with van der Waals surface area (Å²) in [5, 5.41) is 9.45. The summed E-state index contributed by atoms with van der Waals surface area (Å²) < 4.78 is 56.7. The van der Waals surface area contributed by atoms with E-state index in [0.29, 0.717) is 34.1 Å². The second kappa shape index (κ2) is 8.62. The Balaban J connectivity index is 1.42. The molecule has 0 radical (unpaired) electrons.